The molecule has 10 heteroatoms. The molecule has 0 unspecified atom stereocenters. The van der Waals surface area contributed by atoms with E-state index in [1.165, 1.54) is 16.9 Å². The van der Waals surface area contributed by atoms with E-state index >= 15 is 0 Å². The van der Waals surface area contributed by atoms with Crippen molar-refractivity contribution in [1.82, 2.24) is 9.80 Å². The predicted octanol–water partition coefficient (Wildman–Crippen LogP) is 4.49. The lowest BCUT2D eigenvalue weighted by atomic mass is 9.62. The number of nitrogens with zero attached hydrogens (tertiary/aromatic N) is 2. The summed E-state index contributed by atoms with van der Waals surface area (Å²) < 4.78 is 44.3. The van der Waals surface area contributed by atoms with Crippen LogP contribution >= 0.6 is 0 Å². The van der Waals surface area contributed by atoms with Gasteiger partial charge in [0.2, 0.25) is 5.91 Å². The van der Waals surface area contributed by atoms with E-state index in [0.717, 1.165) is 31.0 Å². The number of hydrogen-bond donors (Lipinski definition) is 0. The van der Waals surface area contributed by atoms with Crippen molar-refractivity contribution in [2.24, 2.45) is 5.41 Å². The van der Waals surface area contributed by atoms with Crippen LogP contribution in [-0.2, 0) is 23.8 Å². The van der Waals surface area contributed by atoms with Gasteiger partial charge in [0.25, 0.3) is 0 Å². The number of methoxy groups -OCH3 is 1. The van der Waals surface area contributed by atoms with Crippen LogP contribution in [0.5, 0.6) is 0 Å². The quantitative estimate of drug-likeness (QED) is 0.430. The summed E-state index contributed by atoms with van der Waals surface area (Å²) in [6.07, 6.45) is 4.89. The van der Waals surface area contributed by atoms with E-state index in [1.54, 1.807) is 19.9 Å². The number of rotatable bonds is 4. The number of hydrogen-bond acceptors (Lipinski definition) is 6. The maximum atomic E-state index is 14.3. The first-order valence-corrected chi connectivity index (χ1v) is 12.7. The summed E-state index contributed by atoms with van der Waals surface area (Å²) in [6.45, 7) is 4.19. The molecule has 202 valence electrons. The summed E-state index contributed by atoms with van der Waals surface area (Å²) in [7, 11) is 1.21. The molecule has 2 heterocycles. The number of benzene rings is 1. The maximum absolute atomic E-state index is 14.3. The summed E-state index contributed by atoms with van der Waals surface area (Å²) >= 11 is 0. The van der Waals surface area contributed by atoms with Crippen molar-refractivity contribution < 1.29 is 37.4 Å². The third kappa shape index (κ3) is 5.35. The molecular formula is C27H34F2N2O6. The largest absolute Gasteiger partial charge is 0.468 e. The first-order valence-electron chi connectivity index (χ1n) is 12.7. The number of piperazine rings is 1. The SMILES string of the molecule is C/C=C(\C)OC(=O)N1C[C@@H](c2cc(F)cc(F)c2)N(CC(=O)OC)C(=O)C12CCC1(CCOCC1)CC2. The van der Waals surface area contributed by atoms with Crippen molar-refractivity contribution in [3.05, 3.63) is 47.2 Å². The number of halogens is 2. The Kier molecular flexibility index (Phi) is 7.87. The van der Waals surface area contributed by atoms with Crippen LogP contribution < -0.4 is 0 Å². The smallest absolute Gasteiger partial charge is 0.415 e. The normalized spacial score (nSPS) is 23.3. The van der Waals surface area contributed by atoms with Crippen LogP contribution in [0.3, 0.4) is 0 Å². The van der Waals surface area contributed by atoms with E-state index in [0.29, 0.717) is 44.7 Å². The molecule has 1 aromatic carbocycles. The lowest BCUT2D eigenvalue weighted by molar-refractivity contribution is -0.166. The molecule has 3 aliphatic rings. The highest BCUT2D eigenvalue weighted by Crippen LogP contribution is 2.52. The lowest BCUT2D eigenvalue weighted by Gasteiger charge is -2.56. The molecule has 1 aromatic rings. The topological polar surface area (TPSA) is 85.4 Å². The van der Waals surface area contributed by atoms with E-state index < -0.39 is 47.7 Å². The van der Waals surface area contributed by atoms with Crippen LogP contribution in [0.25, 0.3) is 0 Å². The second-order valence-corrected chi connectivity index (χ2v) is 10.2. The van der Waals surface area contributed by atoms with Gasteiger partial charge < -0.3 is 19.1 Å². The van der Waals surface area contributed by atoms with E-state index in [4.69, 9.17) is 14.2 Å². The number of ether oxygens (including phenoxy) is 3. The number of amides is 2. The molecule has 3 fully saturated rings. The first-order chi connectivity index (χ1) is 17.6. The molecular weight excluding hydrogens is 486 g/mol. The van der Waals surface area contributed by atoms with E-state index in [-0.39, 0.29) is 17.5 Å². The van der Waals surface area contributed by atoms with Crippen LogP contribution in [0.15, 0.2) is 30.0 Å². The minimum Gasteiger partial charge on any atom is -0.468 e. The van der Waals surface area contributed by atoms with Crippen LogP contribution in [-0.4, -0.2) is 66.7 Å². The third-order valence-electron chi connectivity index (χ3n) is 8.27. The van der Waals surface area contributed by atoms with Crippen molar-refractivity contribution in [2.45, 2.75) is 64.0 Å². The Morgan fingerprint density at radius 2 is 1.70 bits per heavy atom. The molecule has 1 aliphatic carbocycles. The Labute approximate surface area is 215 Å². The van der Waals surface area contributed by atoms with Crippen molar-refractivity contribution in [3.63, 3.8) is 0 Å². The summed E-state index contributed by atoms with van der Waals surface area (Å²) in [5, 5.41) is 0. The molecule has 1 saturated carbocycles. The molecule has 0 aromatic heterocycles. The molecule has 2 aliphatic heterocycles. The Morgan fingerprint density at radius 3 is 2.27 bits per heavy atom. The van der Waals surface area contributed by atoms with Crippen molar-refractivity contribution in [2.75, 3.05) is 33.4 Å². The fourth-order valence-corrected chi connectivity index (χ4v) is 5.89. The average molecular weight is 521 g/mol. The molecule has 0 radical (unpaired) electrons. The van der Waals surface area contributed by atoms with E-state index in [2.05, 4.69) is 0 Å². The molecule has 37 heavy (non-hydrogen) atoms. The molecule has 2 saturated heterocycles. The van der Waals surface area contributed by atoms with E-state index in [1.807, 2.05) is 0 Å². The zero-order valence-electron chi connectivity index (χ0n) is 21.6. The van der Waals surface area contributed by atoms with Gasteiger partial charge in [-0.1, -0.05) is 0 Å². The fraction of sp³-hybridized carbons (Fsp3) is 0.593. The molecule has 1 atom stereocenters. The minimum absolute atomic E-state index is 0.0360. The Balaban J connectivity index is 1.76. The molecule has 2 spiro atoms. The zero-order valence-corrected chi connectivity index (χ0v) is 21.6. The monoisotopic (exact) mass is 520 g/mol. The molecule has 4 rings (SSSR count). The minimum atomic E-state index is -1.24. The number of allylic oxidation sites excluding steroid dienone is 2. The molecule has 0 bridgehead atoms. The Morgan fingerprint density at radius 1 is 1.08 bits per heavy atom. The Hall–Kier alpha value is -3.01. The fourth-order valence-electron chi connectivity index (χ4n) is 5.89. The van der Waals surface area contributed by atoms with Gasteiger partial charge in [-0.3, -0.25) is 14.5 Å². The average Bonchev–Trinajstić information content (AvgIpc) is 2.88. The highest BCUT2D eigenvalue weighted by molar-refractivity contribution is 5.94. The van der Waals surface area contributed by atoms with Gasteiger partial charge in [-0.2, -0.15) is 0 Å². The van der Waals surface area contributed by atoms with Crippen LogP contribution in [0.4, 0.5) is 13.6 Å². The lowest BCUT2D eigenvalue weighted by Crippen LogP contribution is -2.70. The van der Waals surface area contributed by atoms with E-state index in [9.17, 15) is 23.2 Å². The number of carbonyl (C=O) groups is 3. The van der Waals surface area contributed by atoms with Gasteiger partial charge in [-0.05, 0) is 81.6 Å². The second kappa shape index (κ2) is 10.8. The van der Waals surface area contributed by atoms with Crippen molar-refractivity contribution in [1.29, 1.82) is 0 Å². The van der Waals surface area contributed by atoms with Gasteiger partial charge in [-0.15, -0.1) is 0 Å². The number of esters is 1. The van der Waals surface area contributed by atoms with Gasteiger partial charge in [0.15, 0.2) is 0 Å². The van der Waals surface area contributed by atoms with Crippen LogP contribution in [0, 0.1) is 17.0 Å². The maximum Gasteiger partial charge on any atom is 0.415 e. The highest BCUT2D eigenvalue weighted by atomic mass is 19.1. The Bertz CT molecular complexity index is 1050. The summed E-state index contributed by atoms with van der Waals surface area (Å²) in [5.41, 5.74) is -1.07. The van der Waals surface area contributed by atoms with Crippen molar-refractivity contribution in [3.8, 4) is 0 Å². The van der Waals surface area contributed by atoms with Crippen LogP contribution in [0.1, 0.15) is 64.0 Å². The van der Waals surface area contributed by atoms with Gasteiger partial charge in [0, 0.05) is 25.8 Å². The summed E-state index contributed by atoms with van der Waals surface area (Å²) in [4.78, 5) is 42.8. The standard InChI is InChI=1S/C27H34F2N2O6/c1-4-18(2)37-25(34)31-16-22(19-13-20(28)15-21(29)14-19)30(17-23(32)35-3)24(33)27(31)7-5-26(6-8-27)9-11-36-12-10-26/h4,13-15,22H,5-12,16-17H2,1-3H3/b18-4+/t22-/m0/s1. The molecule has 2 amide bonds. The highest BCUT2D eigenvalue weighted by Gasteiger charge is 2.58. The first kappa shape index (κ1) is 27.0. The zero-order chi connectivity index (χ0) is 26.8. The third-order valence-corrected chi connectivity index (χ3v) is 8.27. The van der Waals surface area contributed by atoms with Crippen molar-refractivity contribution >= 4 is 18.0 Å². The number of carbonyl (C=O) groups excluding carboxylic acids is 3. The van der Waals surface area contributed by atoms with Gasteiger partial charge >= 0.3 is 12.1 Å². The summed E-state index contributed by atoms with van der Waals surface area (Å²) in [6, 6.07) is 1.99. The van der Waals surface area contributed by atoms with Crippen LogP contribution in [0.2, 0.25) is 0 Å². The summed E-state index contributed by atoms with van der Waals surface area (Å²) in [5.74, 6) is -2.38. The van der Waals surface area contributed by atoms with Gasteiger partial charge in [0.1, 0.15) is 29.5 Å². The molecule has 8 nitrogen and oxygen atoms in total. The molecule has 0 N–H and O–H groups in total. The van der Waals surface area contributed by atoms with Gasteiger partial charge in [0.05, 0.1) is 13.2 Å². The predicted molar refractivity (Wildman–Crippen MR) is 129 cm³/mol. The van der Waals surface area contributed by atoms with Gasteiger partial charge in [-0.25, -0.2) is 13.6 Å². The second-order valence-electron chi connectivity index (χ2n) is 10.2.